The van der Waals surface area contributed by atoms with E-state index >= 15 is 0 Å². The highest BCUT2D eigenvalue weighted by Crippen LogP contribution is 2.24. The molecule has 0 radical (unpaired) electrons. The van der Waals surface area contributed by atoms with E-state index in [1.165, 1.54) is 13.2 Å². The van der Waals surface area contributed by atoms with Crippen LogP contribution in [0.4, 0.5) is 0 Å². The molecule has 2 rings (SSSR count). The number of nitrogens with zero attached hydrogens (tertiary/aromatic N) is 1. The summed E-state index contributed by atoms with van der Waals surface area (Å²) in [6.45, 7) is 1.77. The van der Waals surface area contributed by atoms with E-state index in [0.717, 1.165) is 5.56 Å². The third-order valence-corrected chi connectivity index (χ3v) is 2.43. The molecule has 0 spiro atoms. The first-order valence-electron chi connectivity index (χ1n) is 4.98. The van der Waals surface area contributed by atoms with Crippen LogP contribution in [-0.2, 0) is 6.61 Å². The number of aromatic nitrogens is 1. The van der Waals surface area contributed by atoms with Crippen molar-refractivity contribution >= 4 is 17.4 Å². The summed E-state index contributed by atoms with van der Waals surface area (Å²) < 4.78 is 10.2. The molecule has 0 unspecified atom stereocenters. The SMILES string of the molecule is CC(=O)c1cc(Cl)ccc1OCc1cnoc1. The molecule has 0 atom stereocenters. The predicted octanol–water partition coefficient (Wildman–Crippen LogP) is 3.11. The number of hydrogen-bond donors (Lipinski definition) is 0. The van der Waals surface area contributed by atoms with Gasteiger partial charge in [0.1, 0.15) is 18.6 Å². The second-order valence-corrected chi connectivity index (χ2v) is 3.95. The van der Waals surface area contributed by atoms with Crippen LogP contribution in [0.2, 0.25) is 5.02 Å². The van der Waals surface area contributed by atoms with Gasteiger partial charge in [0, 0.05) is 10.6 Å². The van der Waals surface area contributed by atoms with Gasteiger partial charge < -0.3 is 9.26 Å². The molecule has 0 aliphatic heterocycles. The number of halogens is 1. The summed E-state index contributed by atoms with van der Waals surface area (Å²) >= 11 is 5.83. The van der Waals surface area contributed by atoms with E-state index in [1.54, 1.807) is 24.4 Å². The Bertz CT molecular complexity index is 523. The van der Waals surface area contributed by atoms with Crippen LogP contribution in [0.1, 0.15) is 22.8 Å². The summed E-state index contributed by atoms with van der Waals surface area (Å²) in [5.41, 5.74) is 1.27. The number of carbonyl (C=O) groups excluding carboxylic acids is 1. The van der Waals surface area contributed by atoms with Gasteiger partial charge in [-0.1, -0.05) is 16.8 Å². The molecule has 0 saturated carbocycles. The van der Waals surface area contributed by atoms with Gasteiger partial charge in [-0.15, -0.1) is 0 Å². The smallest absolute Gasteiger partial charge is 0.163 e. The number of hydrogen-bond acceptors (Lipinski definition) is 4. The standard InChI is InChI=1S/C12H10ClNO3/c1-8(15)11-4-10(13)2-3-12(11)16-6-9-5-14-17-7-9/h2-5,7H,6H2,1H3. The number of carbonyl (C=O) groups is 1. The third kappa shape index (κ3) is 2.85. The Morgan fingerprint density at radius 2 is 2.35 bits per heavy atom. The van der Waals surface area contributed by atoms with E-state index in [1.807, 2.05) is 0 Å². The van der Waals surface area contributed by atoms with Gasteiger partial charge in [-0.05, 0) is 25.1 Å². The molecule has 1 aromatic heterocycles. The van der Waals surface area contributed by atoms with Crippen LogP contribution in [0.15, 0.2) is 35.2 Å². The summed E-state index contributed by atoms with van der Waals surface area (Å²) in [6.07, 6.45) is 3.05. The van der Waals surface area contributed by atoms with Crippen LogP contribution in [0, 0.1) is 0 Å². The fourth-order valence-electron chi connectivity index (χ4n) is 1.36. The summed E-state index contributed by atoms with van der Waals surface area (Å²) in [4.78, 5) is 11.4. The van der Waals surface area contributed by atoms with Crippen LogP contribution < -0.4 is 4.74 Å². The lowest BCUT2D eigenvalue weighted by molar-refractivity contribution is 0.101. The molecule has 2 aromatic rings. The second kappa shape index (κ2) is 5.01. The molecular formula is C12H10ClNO3. The van der Waals surface area contributed by atoms with Crippen molar-refractivity contribution in [3.8, 4) is 5.75 Å². The topological polar surface area (TPSA) is 52.3 Å². The fraction of sp³-hybridized carbons (Fsp3) is 0.167. The summed E-state index contributed by atoms with van der Waals surface area (Å²) in [5, 5.41) is 4.07. The van der Waals surface area contributed by atoms with E-state index < -0.39 is 0 Å². The van der Waals surface area contributed by atoms with Crippen LogP contribution in [0.3, 0.4) is 0 Å². The Hall–Kier alpha value is -1.81. The van der Waals surface area contributed by atoms with Crippen molar-refractivity contribution in [2.24, 2.45) is 0 Å². The number of rotatable bonds is 4. The minimum Gasteiger partial charge on any atom is -0.488 e. The Labute approximate surface area is 103 Å². The third-order valence-electron chi connectivity index (χ3n) is 2.20. The zero-order valence-corrected chi connectivity index (χ0v) is 9.90. The van der Waals surface area contributed by atoms with Crippen LogP contribution in [0.25, 0.3) is 0 Å². The molecular weight excluding hydrogens is 242 g/mol. The fourth-order valence-corrected chi connectivity index (χ4v) is 1.53. The first kappa shape index (κ1) is 11.7. The first-order valence-corrected chi connectivity index (χ1v) is 5.36. The lowest BCUT2D eigenvalue weighted by Gasteiger charge is -2.08. The van der Waals surface area contributed by atoms with Crippen molar-refractivity contribution in [3.05, 3.63) is 46.8 Å². The molecule has 0 bridgehead atoms. The van der Waals surface area contributed by atoms with Gasteiger partial charge in [0.15, 0.2) is 5.78 Å². The molecule has 0 N–H and O–H groups in total. The van der Waals surface area contributed by atoms with Gasteiger partial charge in [-0.2, -0.15) is 0 Å². The maximum Gasteiger partial charge on any atom is 0.163 e. The Kier molecular flexibility index (Phi) is 3.44. The summed E-state index contributed by atoms with van der Waals surface area (Å²) in [6, 6.07) is 4.94. The van der Waals surface area contributed by atoms with Crippen molar-refractivity contribution in [3.63, 3.8) is 0 Å². The average Bonchev–Trinajstić information content (AvgIpc) is 2.80. The highest BCUT2D eigenvalue weighted by Gasteiger charge is 2.09. The predicted molar refractivity (Wildman–Crippen MR) is 62.3 cm³/mol. The van der Waals surface area contributed by atoms with Gasteiger partial charge in [-0.3, -0.25) is 4.79 Å². The zero-order valence-electron chi connectivity index (χ0n) is 9.14. The number of benzene rings is 1. The molecule has 4 nitrogen and oxygen atoms in total. The van der Waals surface area contributed by atoms with Gasteiger partial charge >= 0.3 is 0 Å². The molecule has 0 saturated heterocycles. The zero-order chi connectivity index (χ0) is 12.3. The maximum atomic E-state index is 11.4. The van der Waals surface area contributed by atoms with Crippen molar-refractivity contribution in [2.75, 3.05) is 0 Å². The van der Waals surface area contributed by atoms with Gasteiger partial charge in [0.2, 0.25) is 0 Å². The molecule has 5 heteroatoms. The van der Waals surface area contributed by atoms with Gasteiger partial charge in [-0.25, -0.2) is 0 Å². The van der Waals surface area contributed by atoms with Gasteiger partial charge in [0.25, 0.3) is 0 Å². The van der Waals surface area contributed by atoms with E-state index in [2.05, 4.69) is 9.68 Å². The molecule has 17 heavy (non-hydrogen) atoms. The summed E-state index contributed by atoms with van der Waals surface area (Å²) in [7, 11) is 0. The molecule has 1 aromatic carbocycles. The van der Waals surface area contributed by atoms with E-state index in [-0.39, 0.29) is 5.78 Å². The van der Waals surface area contributed by atoms with Crippen LogP contribution in [0.5, 0.6) is 5.75 Å². The maximum absolute atomic E-state index is 11.4. The van der Waals surface area contributed by atoms with Crippen LogP contribution >= 0.6 is 11.6 Å². The summed E-state index contributed by atoms with van der Waals surface area (Å²) in [5.74, 6) is 0.413. The minimum absolute atomic E-state index is 0.0900. The first-order chi connectivity index (χ1) is 8.16. The second-order valence-electron chi connectivity index (χ2n) is 3.52. The van der Waals surface area contributed by atoms with Crippen molar-refractivity contribution in [1.82, 2.24) is 5.16 Å². The molecule has 0 amide bonds. The minimum atomic E-state index is -0.0900. The molecule has 0 aliphatic carbocycles. The van der Waals surface area contributed by atoms with Crippen molar-refractivity contribution < 1.29 is 14.1 Å². The molecule has 0 fully saturated rings. The molecule has 88 valence electrons. The van der Waals surface area contributed by atoms with Crippen molar-refractivity contribution in [2.45, 2.75) is 13.5 Å². The Balaban J connectivity index is 2.17. The van der Waals surface area contributed by atoms with Crippen LogP contribution in [-0.4, -0.2) is 10.9 Å². The number of Topliss-reactive ketones (excluding diaryl/α,β-unsaturated/α-hetero) is 1. The average molecular weight is 252 g/mol. The molecule has 1 heterocycles. The van der Waals surface area contributed by atoms with E-state index in [9.17, 15) is 4.79 Å². The number of ketones is 1. The van der Waals surface area contributed by atoms with E-state index in [4.69, 9.17) is 16.3 Å². The van der Waals surface area contributed by atoms with E-state index in [0.29, 0.717) is 22.9 Å². The largest absolute Gasteiger partial charge is 0.488 e. The number of ether oxygens (including phenoxy) is 1. The highest BCUT2D eigenvalue weighted by molar-refractivity contribution is 6.31. The lowest BCUT2D eigenvalue weighted by Crippen LogP contribution is -2.01. The monoisotopic (exact) mass is 251 g/mol. The lowest BCUT2D eigenvalue weighted by atomic mass is 10.1. The Morgan fingerprint density at radius 3 is 3.00 bits per heavy atom. The quantitative estimate of drug-likeness (QED) is 0.784. The molecule has 0 aliphatic rings. The normalized spacial score (nSPS) is 10.2. The van der Waals surface area contributed by atoms with Crippen molar-refractivity contribution in [1.29, 1.82) is 0 Å². The van der Waals surface area contributed by atoms with Gasteiger partial charge in [0.05, 0.1) is 11.8 Å². The Morgan fingerprint density at radius 1 is 1.53 bits per heavy atom. The highest BCUT2D eigenvalue weighted by atomic mass is 35.5.